The molecule has 2 atom stereocenters. The van der Waals surface area contributed by atoms with Gasteiger partial charge in [0.15, 0.2) is 0 Å². The zero-order chi connectivity index (χ0) is 11.3. The second kappa shape index (κ2) is 5.75. The fourth-order valence-corrected chi connectivity index (χ4v) is 3.02. The maximum absolute atomic E-state index is 11.9. The summed E-state index contributed by atoms with van der Waals surface area (Å²) >= 11 is 1.76. The third-order valence-electron chi connectivity index (χ3n) is 2.87. The Morgan fingerprint density at radius 3 is 2.93 bits per heavy atom. The van der Waals surface area contributed by atoms with Crippen LogP contribution in [0.1, 0.15) is 39.5 Å². The molecule has 0 aliphatic carbocycles. The highest BCUT2D eigenvalue weighted by Crippen LogP contribution is 2.37. The van der Waals surface area contributed by atoms with Gasteiger partial charge in [0.2, 0.25) is 5.91 Å². The number of hydrogen-bond donors (Lipinski definition) is 2. The first-order valence-electron chi connectivity index (χ1n) is 5.64. The third-order valence-corrected chi connectivity index (χ3v) is 4.39. The number of amides is 1. The van der Waals surface area contributed by atoms with Crippen LogP contribution in [-0.2, 0) is 4.79 Å². The minimum absolute atomic E-state index is 0.162. The fourth-order valence-electron chi connectivity index (χ4n) is 1.80. The minimum Gasteiger partial charge on any atom is -0.396 e. The van der Waals surface area contributed by atoms with Gasteiger partial charge in [-0.1, -0.05) is 0 Å². The van der Waals surface area contributed by atoms with Crippen molar-refractivity contribution in [3.05, 3.63) is 0 Å². The summed E-state index contributed by atoms with van der Waals surface area (Å²) < 4.78 is -0.215. The van der Waals surface area contributed by atoms with E-state index in [2.05, 4.69) is 5.32 Å². The van der Waals surface area contributed by atoms with Gasteiger partial charge in [-0.15, -0.1) is 11.8 Å². The standard InChI is InChI=1S/C11H21NO2S/c1-9(5-3-7-13)12-10(14)11(2)6-4-8-15-11/h9,13H,3-8H2,1-2H3,(H,12,14). The zero-order valence-electron chi connectivity index (χ0n) is 9.58. The molecule has 1 aliphatic heterocycles. The minimum atomic E-state index is -0.215. The van der Waals surface area contributed by atoms with Crippen LogP contribution in [-0.4, -0.2) is 34.2 Å². The van der Waals surface area contributed by atoms with Crippen molar-refractivity contribution in [3.8, 4) is 0 Å². The van der Waals surface area contributed by atoms with Crippen molar-refractivity contribution in [1.82, 2.24) is 5.32 Å². The number of carbonyl (C=O) groups excluding carboxylic acids is 1. The Kier molecular flexibility index (Phi) is 4.93. The Balaban J connectivity index is 2.34. The summed E-state index contributed by atoms with van der Waals surface area (Å²) in [6.07, 6.45) is 3.73. The molecule has 1 fully saturated rings. The largest absolute Gasteiger partial charge is 0.396 e. The number of aliphatic hydroxyl groups excluding tert-OH is 1. The number of aliphatic hydroxyl groups is 1. The average Bonchev–Trinajstić information content (AvgIpc) is 2.63. The summed E-state index contributed by atoms with van der Waals surface area (Å²) in [5.41, 5.74) is 0. The van der Waals surface area contributed by atoms with Crippen molar-refractivity contribution in [2.45, 2.75) is 50.3 Å². The molecule has 0 aromatic carbocycles. The van der Waals surface area contributed by atoms with Gasteiger partial charge in [-0.3, -0.25) is 4.79 Å². The predicted octanol–water partition coefficient (Wildman–Crippen LogP) is 1.55. The normalized spacial score (nSPS) is 27.7. The topological polar surface area (TPSA) is 49.3 Å². The van der Waals surface area contributed by atoms with Gasteiger partial charge in [-0.25, -0.2) is 0 Å². The van der Waals surface area contributed by atoms with E-state index in [0.29, 0.717) is 0 Å². The summed E-state index contributed by atoms with van der Waals surface area (Å²) in [5, 5.41) is 11.7. The van der Waals surface area contributed by atoms with Gasteiger partial charge in [0.1, 0.15) is 0 Å². The second-order valence-corrected chi connectivity index (χ2v) is 6.02. The van der Waals surface area contributed by atoms with Crippen LogP contribution >= 0.6 is 11.8 Å². The van der Waals surface area contributed by atoms with Gasteiger partial charge in [-0.2, -0.15) is 0 Å². The number of thioether (sulfide) groups is 1. The molecule has 0 saturated carbocycles. The van der Waals surface area contributed by atoms with E-state index in [0.717, 1.165) is 31.4 Å². The maximum Gasteiger partial charge on any atom is 0.236 e. The molecule has 0 spiro atoms. The van der Waals surface area contributed by atoms with Crippen molar-refractivity contribution in [2.24, 2.45) is 0 Å². The summed E-state index contributed by atoms with van der Waals surface area (Å²) in [7, 11) is 0. The first-order valence-corrected chi connectivity index (χ1v) is 6.63. The first kappa shape index (κ1) is 12.8. The van der Waals surface area contributed by atoms with Crippen LogP contribution in [0.3, 0.4) is 0 Å². The summed E-state index contributed by atoms with van der Waals surface area (Å²) in [6, 6.07) is 0.169. The van der Waals surface area contributed by atoms with Gasteiger partial charge >= 0.3 is 0 Å². The summed E-state index contributed by atoms with van der Waals surface area (Å²) in [6.45, 7) is 4.22. The van der Waals surface area contributed by atoms with E-state index >= 15 is 0 Å². The van der Waals surface area contributed by atoms with Gasteiger partial charge in [0, 0.05) is 12.6 Å². The van der Waals surface area contributed by atoms with Crippen LogP contribution in [0.4, 0.5) is 0 Å². The Labute approximate surface area is 96.0 Å². The molecule has 2 unspecified atom stereocenters. The van der Waals surface area contributed by atoms with Crippen LogP contribution in [0, 0.1) is 0 Å². The molecule has 0 aromatic heterocycles. The summed E-state index contributed by atoms with van der Waals surface area (Å²) in [5.74, 6) is 1.25. The highest BCUT2D eigenvalue weighted by atomic mass is 32.2. The molecule has 2 N–H and O–H groups in total. The lowest BCUT2D eigenvalue weighted by atomic mass is 10.0. The Hall–Kier alpha value is -0.220. The highest BCUT2D eigenvalue weighted by molar-refractivity contribution is 8.01. The molecule has 0 aromatic rings. The van der Waals surface area contributed by atoms with Crippen molar-refractivity contribution in [3.63, 3.8) is 0 Å². The maximum atomic E-state index is 11.9. The van der Waals surface area contributed by atoms with Crippen LogP contribution in [0.5, 0.6) is 0 Å². The lowest BCUT2D eigenvalue weighted by molar-refractivity contribution is -0.123. The zero-order valence-corrected chi connectivity index (χ0v) is 10.4. The molecule has 1 rings (SSSR count). The molecule has 0 bridgehead atoms. The summed E-state index contributed by atoms with van der Waals surface area (Å²) in [4.78, 5) is 11.9. The average molecular weight is 231 g/mol. The highest BCUT2D eigenvalue weighted by Gasteiger charge is 2.37. The fraction of sp³-hybridized carbons (Fsp3) is 0.909. The van der Waals surface area contributed by atoms with Crippen molar-refractivity contribution < 1.29 is 9.90 Å². The number of rotatable bonds is 5. The van der Waals surface area contributed by atoms with E-state index < -0.39 is 0 Å². The lowest BCUT2D eigenvalue weighted by Crippen LogP contribution is -2.44. The van der Waals surface area contributed by atoms with Crippen LogP contribution < -0.4 is 5.32 Å². The molecule has 1 amide bonds. The van der Waals surface area contributed by atoms with Crippen LogP contribution in [0.25, 0.3) is 0 Å². The SMILES string of the molecule is CC(CCCO)NC(=O)C1(C)CCCS1. The monoisotopic (exact) mass is 231 g/mol. The van der Waals surface area contributed by atoms with Crippen LogP contribution in [0.15, 0.2) is 0 Å². The van der Waals surface area contributed by atoms with E-state index in [9.17, 15) is 4.79 Å². The van der Waals surface area contributed by atoms with Crippen LogP contribution in [0.2, 0.25) is 0 Å². The van der Waals surface area contributed by atoms with E-state index in [1.54, 1.807) is 11.8 Å². The molecule has 1 saturated heterocycles. The second-order valence-electron chi connectivity index (χ2n) is 4.42. The van der Waals surface area contributed by atoms with Gasteiger partial charge in [-0.05, 0) is 45.3 Å². The molecule has 1 heterocycles. The molecular weight excluding hydrogens is 210 g/mol. The molecular formula is C11H21NO2S. The first-order chi connectivity index (χ1) is 7.08. The van der Waals surface area contributed by atoms with Gasteiger partial charge in [0.25, 0.3) is 0 Å². The number of nitrogens with one attached hydrogen (secondary N) is 1. The van der Waals surface area contributed by atoms with Crippen molar-refractivity contribution in [1.29, 1.82) is 0 Å². The third kappa shape index (κ3) is 3.68. The number of carbonyl (C=O) groups is 1. The Morgan fingerprint density at radius 1 is 1.67 bits per heavy atom. The van der Waals surface area contributed by atoms with Gasteiger partial charge < -0.3 is 10.4 Å². The van der Waals surface area contributed by atoms with Crippen molar-refractivity contribution in [2.75, 3.05) is 12.4 Å². The Bertz CT molecular complexity index is 215. The molecule has 3 nitrogen and oxygen atoms in total. The smallest absolute Gasteiger partial charge is 0.236 e. The number of hydrogen-bond acceptors (Lipinski definition) is 3. The van der Waals surface area contributed by atoms with E-state index in [-0.39, 0.29) is 23.3 Å². The van der Waals surface area contributed by atoms with E-state index in [1.165, 1.54) is 0 Å². The molecule has 88 valence electrons. The van der Waals surface area contributed by atoms with Gasteiger partial charge in [0.05, 0.1) is 4.75 Å². The molecule has 1 aliphatic rings. The molecule has 0 radical (unpaired) electrons. The molecule has 15 heavy (non-hydrogen) atoms. The Morgan fingerprint density at radius 2 is 2.40 bits per heavy atom. The quantitative estimate of drug-likeness (QED) is 0.755. The van der Waals surface area contributed by atoms with E-state index in [1.807, 2.05) is 13.8 Å². The predicted molar refractivity (Wildman–Crippen MR) is 64.0 cm³/mol. The van der Waals surface area contributed by atoms with E-state index in [4.69, 9.17) is 5.11 Å². The molecule has 4 heteroatoms. The van der Waals surface area contributed by atoms with Crippen molar-refractivity contribution >= 4 is 17.7 Å². The lowest BCUT2D eigenvalue weighted by Gasteiger charge is -2.24.